The molecule has 2 aromatic carbocycles. The van der Waals surface area contributed by atoms with E-state index >= 15 is 0 Å². The van der Waals surface area contributed by atoms with Crippen LogP contribution >= 0.6 is 11.3 Å². The van der Waals surface area contributed by atoms with Crippen molar-refractivity contribution in [2.24, 2.45) is 5.73 Å². The Hall–Kier alpha value is -1.64. The monoisotopic (exact) mass is 267 g/mol. The summed E-state index contributed by atoms with van der Waals surface area (Å²) in [6, 6.07) is 19.4. The average Bonchev–Trinajstić information content (AvgIpc) is 2.85. The van der Waals surface area contributed by atoms with Crippen LogP contribution in [0.4, 0.5) is 0 Å². The second-order valence-electron chi connectivity index (χ2n) is 4.98. The van der Waals surface area contributed by atoms with Gasteiger partial charge in [0.1, 0.15) is 0 Å². The van der Waals surface area contributed by atoms with Gasteiger partial charge in [-0.2, -0.15) is 0 Å². The van der Waals surface area contributed by atoms with Gasteiger partial charge in [-0.25, -0.2) is 0 Å². The lowest BCUT2D eigenvalue weighted by molar-refractivity contribution is 0.737. The molecule has 3 rings (SSSR count). The van der Waals surface area contributed by atoms with Gasteiger partial charge in [0.05, 0.1) is 0 Å². The first kappa shape index (κ1) is 12.4. The van der Waals surface area contributed by atoms with Gasteiger partial charge in [-0.05, 0) is 36.4 Å². The third kappa shape index (κ3) is 2.70. The molecular weight excluding hydrogens is 250 g/mol. The lowest BCUT2D eigenvalue weighted by Crippen LogP contribution is -2.11. The molecule has 2 heteroatoms. The lowest BCUT2D eigenvalue weighted by atomic mass is 10.0. The molecule has 1 aromatic heterocycles. The van der Waals surface area contributed by atoms with E-state index in [2.05, 4.69) is 61.5 Å². The van der Waals surface area contributed by atoms with Gasteiger partial charge >= 0.3 is 0 Å². The smallest absolute Gasteiger partial charge is 0.0431 e. The van der Waals surface area contributed by atoms with Crippen molar-refractivity contribution < 1.29 is 0 Å². The zero-order valence-corrected chi connectivity index (χ0v) is 11.8. The summed E-state index contributed by atoms with van der Waals surface area (Å²) in [5.41, 5.74) is 8.93. The van der Waals surface area contributed by atoms with Crippen LogP contribution in [0.25, 0.3) is 10.1 Å². The summed E-state index contributed by atoms with van der Waals surface area (Å²) < 4.78 is 1.32. The Labute approximate surface area is 117 Å². The lowest BCUT2D eigenvalue weighted by Gasteiger charge is -2.09. The molecule has 1 atom stereocenters. The fourth-order valence-corrected chi connectivity index (χ4v) is 3.33. The summed E-state index contributed by atoms with van der Waals surface area (Å²) in [4.78, 5) is 1.27. The number of fused-ring (bicyclic) bond motifs is 1. The predicted octanol–water partition coefficient (Wildman–Crippen LogP) is 4.45. The maximum atomic E-state index is 6.34. The van der Waals surface area contributed by atoms with Crippen LogP contribution in [0.2, 0.25) is 0 Å². The van der Waals surface area contributed by atoms with Gasteiger partial charge in [-0.15, -0.1) is 11.3 Å². The molecule has 0 aliphatic carbocycles. The predicted molar refractivity (Wildman–Crippen MR) is 83.6 cm³/mol. The molecule has 0 bridgehead atoms. The third-order valence-corrected chi connectivity index (χ3v) is 4.63. The molecule has 0 radical (unpaired) electrons. The molecule has 0 aliphatic rings. The number of rotatable bonds is 3. The van der Waals surface area contributed by atoms with Crippen LogP contribution in [0.3, 0.4) is 0 Å². The van der Waals surface area contributed by atoms with E-state index in [0.29, 0.717) is 0 Å². The minimum atomic E-state index is 0.0834. The van der Waals surface area contributed by atoms with Crippen LogP contribution < -0.4 is 5.73 Å². The van der Waals surface area contributed by atoms with E-state index in [1.54, 1.807) is 11.3 Å². The van der Waals surface area contributed by atoms with Crippen molar-refractivity contribution in [3.63, 3.8) is 0 Å². The van der Waals surface area contributed by atoms with Crippen LogP contribution in [0, 0.1) is 6.92 Å². The normalized spacial score (nSPS) is 12.7. The van der Waals surface area contributed by atoms with Gasteiger partial charge < -0.3 is 5.73 Å². The van der Waals surface area contributed by atoms with Crippen molar-refractivity contribution in [2.75, 3.05) is 0 Å². The number of hydrogen-bond donors (Lipinski definition) is 1. The molecule has 2 N–H and O–H groups in total. The van der Waals surface area contributed by atoms with E-state index < -0.39 is 0 Å². The van der Waals surface area contributed by atoms with Crippen molar-refractivity contribution >= 4 is 21.4 Å². The molecule has 96 valence electrons. The van der Waals surface area contributed by atoms with Crippen LogP contribution in [0.5, 0.6) is 0 Å². The van der Waals surface area contributed by atoms with Gasteiger partial charge in [-0.3, -0.25) is 0 Å². The van der Waals surface area contributed by atoms with Gasteiger partial charge in [0.25, 0.3) is 0 Å². The third-order valence-electron chi connectivity index (χ3n) is 3.39. The number of benzene rings is 2. The second-order valence-corrected chi connectivity index (χ2v) is 6.10. The summed E-state index contributed by atoms with van der Waals surface area (Å²) >= 11 is 1.80. The molecule has 0 saturated heterocycles. The van der Waals surface area contributed by atoms with Crippen LogP contribution in [0.15, 0.2) is 54.6 Å². The summed E-state index contributed by atoms with van der Waals surface area (Å²) in [7, 11) is 0. The number of aryl methyl sites for hydroxylation is 1. The molecule has 0 amide bonds. The maximum Gasteiger partial charge on any atom is 0.0431 e. The minimum Gasteiger partial charge on any atom is -0.323 e. The molecule has 1 nitrogen and oxygen atoms in total. The highest BCUT2D eigenvalue weighted by atomic mass is 32.1. The van der Waals surface area contributed by atoms with E-state index in [9.17, 15) is 0 Å². The van der Waals surface area contributed by atoms with E-state index in [1.165, 1.54) is 26.1 Å². The summed E-state index contributed by atoms with van der Waals surface area (Å²) in [5.74, 6) is 0. The van der Waals surface area contributed by atoms with Gasteiger partial charge in [0.15, 0.2) is 0 Å². The van der Waals surface area contributed by atoms with E-state index in [1.807, 2.05) is 0 Å². The highest BCUT2D eigenvalue weighted by Crippen LogP contribution is 2.30. The molecular formula is C17H17NS. The van der Waals surface area contributed by atoms with Gasteiger partial charge in [0.2, 0.25) is 0 Å². The molecule has 19 heavy (non-hydrogen) atoms. The SMILES string of the molecule is Cc1ccc(CC(N)c2cc3ccccc3s2)cc1. The standard InChI is InChI=1S/C17H17NS/c1-12-6-8-13(9-7-12)10-15(18)17-11-14-4-2-3-5-16(14)19-17/h2-9,11,15H,10,18H2,1H3. The Morgan fingerprint density at radius 2 is 1.79 bits per heavy atom. The minimum absolute atomic E-state index is 0.0834. The molecule has 1 heterocycles. The largest absolute Gasteiger partial charge is 0.323 e. The zero-order valence-electron chi connectivity index (χ0n) is 11.0. The Morgan fingerprint density at radius 3 is 2.53 bits per heavy atom. The fraction of sp³-hybridized carbons (Fsp3) is 0.176. The van der Waals surface area contributed by atoms with Crippen molar-refractivity contribution in [1.29, 1.82) is 0 Å². The highest BCUT2D eigenvalue weighted by Gasteiger charge is 2.10. The fourth-order valence-electron chi connectivity index (χ4n) is 2.26. The molecule has 0 spiro atoms. The Kier molecular flexibility index (Phi) is 3.36. The topological polar surface area (TPSA) is 26.0 Å². The first-order valence-corrected chi connectivity index (χ1v) is 7.33. The van der Waals surface area contributed by atoms with E-state index in [-0.39, 0.29) is 6.04 Å². The first-order valence-electron chi connectivity index (χ1n) is 6.52. The quantitative estimate of drug-likeness (QED) is 0.745. The summed E-state index contributed by atoms with van der Waals surface area (Å²) in [5, 5.41) is 1.29. The average molecular weight is 267 g/mol. The summed E-state index contributed by atoms with van der Waals surface area (Å²) in [6.07, 6.45) is 0.896. The Bertz CT molecular complexity index is 649. The second kappa shape index (κ2) is 5.16. The zero-order chi connectivity index (χ0) is 13.2. The molecule has 0 aliphatic heterocycles. The molecule has 0 saturated carbocycles. The van der Waals surface area contributed by atoms with Crippen molar-refractivity contribution in [2.45, 2.75) is 19.4 Å². The number of thiophene rings is 1. The molecule has 1 unspecified atom stereocenters. The van der Waals surface area contributed by atoms with Crippen molar-refractivity contribution in [3.8, 4) is 0 Å². The molecule has 3 aromatic rings. The van der Waals surface area contributed by atoms with E-state index in [0.717, 1.165) is 6.42 Å². The summed E-state index contributed by atoms with van der Waals surface area (Å²) in [6.45, 7) is 2.11. The number of nitrogens with two attached hydrogens (primary N) is 1. The van der Waals surface area contributed by atoms with Gasteiger partial charge in [-0.1, -0.05) is 48.0 Å². The van der Waals surface area contributed by atoms with Crippen LogP contribution in [-0.2, 0) is 6.42 Å². The van der Waals surface area contributed by atoms with E-state index in [4.69, 9.17) is 5.73 Å². The maximum absolute atomic E-state index is 6.34. The van der Waals surface area contributed by atoms with Crippen LogP contribution in [0.1, 0.15) is 22.0 Å². The van der Waals surface area contributed by atoms with Crippen molar-refractivity contribution in [3.05, 3.63) is 70.6 Å². The molecule has 0 fully saturated rings. The van der Waals surface area contributed by atoms with Gasteiger partial charge in [0, 0.05) is 15.6 Å². The number of hydrogen-bond acceptors (Lipinski definition) is 2. The Morgan fingerprint density at radius 1 is 1.05 bits per heavy atom. The highest BCUT2D eigenvalue weighted by molar-refractivity contribution is 7.19. The Balaban J connectivity index is 1.83. The van der Waals surface area contributed by atoms with Crippen molar-refractivity contribution in [1.82, 2.24) is 0 Å². The van der Waals surface area contributed by atoms with Crippen LogP contribution in [-0.4, -0.2) is 0 Å². The first-order chi connectivity index (χ1) is 9.22.